The highest BCUT2D eigenvalue weighted by atomic mass is 32.2. The minimum absolute atomic E-state index is 0.0521. The smallest absolute Gasteiger partial charge is 0.371 e. The number of rotatable bonds is 5. The number of hydrogen-bond donors (Lipinski definition) is 2. The fourth-order valence-corrected chi connectivity index (χ4v) is 1.84. The zero-order valence-corrected chi connectivity index (χ0v) is 8.58. The molecule has 0 amide bonds. The van der Waals surface area contributed by atoms with Gasteiger partial charge in [0.05, 0.1) is 0 Å². The normalized spacial score (nSPS) is 12.7. The van der Waals surface area contributed by atoms with E-state index in [9.17, 15) is 4.79 Å². The fraction of sp³-hybridized carbons (Fsp3) is 0.444. The third kappa shape index (κ3) is 3.08. The molecule has 0 bridgehead atoms. The van der Waals surface area contributed by atoms with Crippen LogP contribution in [-0.4, -0.2) is 28.0 Å². The van der Waals surface area contributed by atoms with Crippen molar-refractivity contribution in [1.29, 1.82) is 0 Å². The minimum atomic E-state index is -1.06. The molecule has 78 valence electrons. The monoisotopic (exact) mass is 216 g/mol. The van der Waals surface area contributed by atoms with Crippen LogP contribution >= 0.6 is 11.8 Å². The van der Waals surface area contributed by atoms with Gasteiger partial charge in [0.2, 0.25) is 5.76 Å². The molecule has 1 atom stereocenters. The van der Waals surface area contributed by atoms with Gasteiger partial charge < -0.3 is 14.6 Å². The van der Waals surface area contributed by atoms with Gasteiger partial charge in [-0.3, -0.25) is 0 Å². The number of furan rings is 1. The van der Waals surface area contributed by atoms with Gasteiger partial charge >= 0.3 is 5.97 Å². The number of carboxylic acid groups (broad SMARTS) is 1. The summed E-state index contributed by atoms with van der Waals surface area (Å²) in [6, 6.07) is 3.05. The highest BCUT2D eigenvalue weighted by molar-refractivity contribution is 7.99. The Kier molecular flexibility index (Phi) is 4.03. The zero-order valence-electron chi connectivity index (χ0n) is 7.77. The van der Waals surface area contributed by atoms with Crippen LogP contribution in [0, 0.1) is 0 Å². The molecule has 0 fully saturated rings. The molecule has 0 aliphatic carbocycles. The lowest BCUT2D eigenvalue weighted by molar-refractivity contribution is 0.0656. The van der Waals surface area contributed by atoms with Crippen molar-refractivity contribution in [3.8, 4) is 0 Å². The Labute approximate surface area is 85.9 Å². The summed E-state index contributed by atoms with van der Waals surface area (Å²) in [7, 11) is 0. The topological polar surface area (TPSA) is 70.7 Å². The number of carboxylic acids is 1. The van der Waals surface area contributed by atoms with Crippen molar-refractivity contribution in [2.45, 2.75) is 23.7 Å². The van der Waals surface area contributed by atoms with E-state index in [0.717, 1.165) is 0 Å². The first-order chi connectivity index (χ1) is 6.63. The maximum atomic E-state index is 10.5. The number of aliphatic hydroxyl groups is 1. The second kappa shape index (κ2) is 5.07. The van der Waals surface area contributed by atoms with Crippen molar-refractivity contribution >= 4 is 17.7 Å². The molecule has 0 aliphatic rings. The molecule has 14 heavy (non-hydrogen) atoms. The lowest BCUT2D eigenvalue weighted by atomic mass is 10.3. The second-order valence-corrected chi connectivity index (χ2v) is 4.31. The molecule has 1 aromatic heterocycles. The molecule has 0 radical (unpaired) electrons. The highest BCUT2D eigenvalue weighted by Crippen LogP contribution is 2.26. The summed E-state index contributed by atoms with van der Waals surface area (Å²) in [4.78, 5) is 10.5. The van der Waals surface area contributed by atoms with E-state index >= 15 is 0 Å². The SMILES string of the molecule is CC(CCO)Sc1ccc(C(=O)O)o1. The van der Waals surface area contributed by atoms with Gasteiger partial charge in [0.1, 0.15) is 0 Å². The van der Waals surface area contributed by atoms with Crippen LogP contribution in [0.4, 0.5) is 0 Å². The number of thioether (sulfide) groups is 1. The van der Waals surface area contributed by atoms with Crippen molar-refractivity contribution in [1.82, 2.24) is 0 Å². The predicted octanol–water partition coefficient (Wildman–Crippen LogP) is 1.84. The van der Waals surface area contributed by atoms with Crippen LogP contribution in [0.1, 0.15) is 23.9 Å². The first-order valence-corrected chi connectivity index (χ1v) is 5.12. The summed E-state index contributed by atoms with van der Waals surface area (Å²) in [5.74, 6) is -1.12. The molecule has 0 aliphatic heterocycles. The van der Waals surface area contributed by atoms with E-state index in [0.29, 0.717) is 11.5 Å². The van der Waals surface area contributed by atoms with Gasteiger partial charge in [-0.2, -0.15) is 0 Å². The van der Waals surface area contributed by atoms with E-state index in [1.165, 1.54) is 17.8 Å². The first kappa shape index (κ1) is 11.1. The van der Waals surface area contributed by atoms with Gasteiger partial charge in [-0.25, -0.2) is 4.79 Å². The third-order valence-corrected chi connectivity index (χ3v) is 2.73. The molecule has 0 spiro atoms. The summed E-state index contributed by atoms with van der Waals surface area (Å²) in [5.41, 5.74) is 0. The average Bonchev–Trinajstić information content (AvgIpc) is 2.53. The molecule has 1 heterocycles. The highest BCUT2D eigenvalue weighted by Gasteiger charge is 2.11. The largest absolute Gasteiger partial charge is 0.475 e. The van der Waals surface area contributed by atoms with Crippen molar-refractivity contribution in [3.63, 3.8) is 0 Å². The van der Waals surface area contributed by atoms with E-state index in [2.05, 4.69) is 0 Å². The third-order valence-electron chi connectivity index (χ3n) is 1.65. The van der Waals surface area contributed by atoms with Crippen LogP contribution in [-0.2, 0) is 0 Å². The molecule has 0 aromatic carbocycles. The van der Waals surface area contributed by atoms with Gasteiger partial charge in [0.25, 0.3) is 0 Å². The molecule has 2 N–H and O–H groups in total. The Morgan fingerprint density at radius 2 is 2.36 bits per heavy atom. The van der Waals surface area contributed by atoms with Crippen molar-refractivity contribution in [2.75, 3.05) is 6.61 Å². The first-order valence-electron chi connectivity index (χ1n) is 4.24. The van der Waals surface area contributed by atoms with Crippen LogP contribution < -0.4 is 0 Å². The van der Waals surface area contributed by atoms with Crippen LogP contribution in [0.5, 0.6) is 0 Å². The van der Waals surface area contributed by atoms with Crippen molar-refractivity contribution < 1.29 is 19.4 Å². The lowest BCUT2D eigenvalue weighted by Gasteiger charge is -2.05. The molecule has 1 unspecified atom stereocenters. The molecule has 1 aromatic rings. The maximum Gasteiger partial charge on any atom is 0.371 e. The predicted molar refractivity (Wildman–Crippen MR) is 52.7 cm³/mol. The Balaban J connectivity index is 2.55. The number of aromatic carboxylic acids is 1. The Morgan fingerprint density at radius 1 is 1.64 bits per heavy atom. The summed E-state index contributed by atoms with van der Waals surface area (Å²) >= 11 is 1.42. The molecule has 0 saturated heterocycles. The number of hydrogen-bond acceptors (Lipinski definition) is 4. The quantitative estimate of drug-likeness (QED) is 0.735. The minimum Gasteiger partial charge on any atom is -0.475 e. The molecular formula is C9H12O4S. The van der Waals surface area contributed by atoms with E-state index in [1.807, 2.05) is 6.92 Å². The van der Waals surface area contributed by atoms with E-state index in [1.54, 1.807) is 6.07 Å². The van der Waals surface area contributed by atoms with Crippen LogP contribution in [0.2, 0.25) is 0 Å². The Morgan fingerprint density at radius 3 is 2.86 bits per heavy atom. The fourth-order valence-electron chi connectivity index (χ4n) is 0.937. The maximum absolute atomic E-state index is 10.5. The van der Waals surface area contributed by atoms with Gasteiger partial charge in [-0.1, -0.05) is 18.7 Å². The van der Waals surface area contributed by atoms with Gasteiger partial charge in [0.15, 0.2) is 5.09 Å². The lowest BCUT2D eigenvalue weighted by Crippen LogP contribution is -1.98. The van der Waals surface area contributed by atoms with Gasteiger partial charge in [0, 0.05) is 11.9 Å². The van der Waals surface area contributed by atoms with Crippen LogP contribution in [0.15, 0.2) is 21.6 Å². The zero-order chi connectivity index (χ0) is 10.6. The van der Waals surface area contributed by atoms with E-state index < -0.39 is 5.97 Å². The summed E-state index contributed by atoms with van der Waals surface area (Å²) in [5, 5.41) is 18.1. The standard InChI is InChI=1S/C9H12O4S/c1-6(4-5-10)14-8-3-2-7(13-8)9(11)12/h2-3,6,10H,4-5H2,1H3,(H,11,12). The van der Waals surface area contributed by atoms with Crippen LogP contribution in [0.25, 0.3) is 0 Å². The van der Waals surface area contributed by atoms with E-state index in [-0.39, 0.29) is 17.6 Å². The average molecular weight is 216 g/mol. The summed E-state index contributed by atoms with van der Waals surface area (Å²) < 4.78 is 5.04. The number of carbonyl (C=O) groups is 1. The Bertz CT molecular complexity index is 308. The second-order valence-electron chi connectivity index (χ2n) is 2.86. The molecule has 4 nitrogen and oxygen atoms in total. The van der Waals surface area contributed by atoms with Crippen LogP contribution in [0.3, 0.4) is 0 Å². The molecule has 5 heteroatoms. The van der Waals surface area contributed by atoms with Crippen molar-refractivity contribution in [2.24, 2.45) is 0 Å². The van der Waals surface area contributed by atoms with Crippen molar-refractivity contribution in [3.05, 3.63) is 17.9 Å². The van der Waals surface area contributed by atoms with Gasteiger partial charge in [-0.05, 0) is 18.6 Å². The summed E-state index contributed by atoms with van der Waals surface area (Å²) in [6.07, 6.45) is 0.660. The Hall–Kier alpha value is -0.940. The number of aliphatic hydroxyl groups excluding tert-OH is 1. The molecule has 0 saturated carbocycles. The van der Waals surface area contributed by atoms with E-state index in [4.69, 9.17) is 14.6 Å². The molecule has 1 rings (SSSR count). The van der Waals surface area contributed by atoms with Gasteiger partial charge in [-0.15, -0.1) is 0 Å². The molecular weight excluding hydrogens is 204 g/mol. The summed E-state index contributed by atoms with van der Waals surface area (Å²) in [6.45, 7) is 2.07.